The van der Waals surface area contributed by atoms with Crippen molar-refractivity contribution in [2.24, 2.45) is 5.92 Å². The minimum Gasteiger partial charge on any atom is -0.393 e. The molecule has 0 saturated heterocycles. The molecule has 0 aliphatic carbocycles. The van der Waals surface area contributed by atoms with Crippen molar-refractivity contribution >= 4 is 0 Å². The van der Waals surface area contributed by atoms with Gasteiger partial charge in [-0.2, -0.15) is 0 Å². The Bertz CT molecular complexity index is 156. The molecule has 0 radical (unpaired) electrons. The molecule has 0 aliphatic rings. The molecule has 18 heavy (non-hydrogen) atoms. The van der Waals surface area contributed by atoms with Crippen LogP contribution in [0.3, 0.4) is 0 Å². The van der Waals surface area contributed by atoms with Crippen LogP contribution in [-0.4, -0.2) is 11.2 Å². The van der Waals surface area contributed by atoms with E-state index in [9.17, 15) is 5.11 Å². The van der Waals surface area contributed by atoms with E-state index in [1.807, 2.05) is 0 Å². The summed E-state index contributed by atoms with van der Waals surface area (Å²) in [5, 5.41) is 10.0. The van der Waals surface area contributed by atoms with Crippen molar-refractivity contribution in [2.45, 2.75) is 104 Å². The van der Waals surface area contributed by atoms with E-state index in [1.165, 1.54) is 70.6 Å². The standard InChI is InChI=1S/C17H36O/c1-4-6-8-9-10-11-12-13-15-17(18)16(3)14-7-5-2/h16-18H,4-15H2,1-3H3. The van der Waals surface area contributed by atoms with E-state index in [0.717, 1.165) is 6.42 Å². The molecule has 1 N–H and O–H groups in total. The molecule has 1 nitrogen and oxygen atoms in total. The minimum absolute atomic E-state index is 0.0587. The van der Waals surface area contributed by atoms with Crippen LogP contribution < -0.4 is 0 Å². The summed E-state index contributed by atoms with van der Waals surface area (Å²) in [6.07, 6.45) is 15.5. The molecule has 0 bridgehead atoms. The monoisotopic (exact) mass is 256 g/mol. The fraction of sp³-hybridized carbons (Fsp3) is 1.00. The Labute approximate surface area is 115 Å². The van der Waals surface area contributed by atoms with Gasteiger partial charge in [-0.3, -0.25) is 0 Å². The van der Waals surface area contributed by atoms with Crippen LogP contribution in [0, 0.1) is 5.92 Å². The molecule has 110 valence electrons. The van der Waals surface area contributed by atoms with Gasteiger partial charge in [-0.1, -0.05) is 85.0 Å². The van der Waals surface area contributed by atoms with Crippen molar-refractivity contribution in [3.8, 4) is 0 Å². The van der Waals surface area contributed by atoms with Gasteiger partial charge in [0.25, 0.3) is 0 Å². The molecule has 0 spiro atoms. The number of hydrogen-bond acceptors (Lipinski definition) is 1. The average molecular weight is 256 g/mol. The van der Waals surface area contributed by atoms with Gasteiger partial charge in [0, 0.05) is 0 Å². The van der Waals surface area contributed by atoms with Crippen molar-refractivity contribution < 1.29 is 5.11 Å². The molecular weight excluding hydrogens is 220 g/mol. The van der Waals surface area contributed by atoms with Crippen molar-refractivity contribution in [1.29, 1.82) is 0 Å². The maximum Gasteiger partial charge on any atom is 0.0565 e. The lowest BCUT2D eigenvalue weighted by Crippen LogP contribution is -2.17. The fourth-order valence-corrected chi connectivity index (χ4v) is 2.49. The van der Waals surface area contributed by atoms with Crippen LogP contribution in [0.2, 0.25) is 0 Å². The van der Waals surface area contributed by atoms with E-state index in [0.29, 0.717) is 5.92 Å². The Morgan fingerprint density at radius 2 is 1.17 bits per heavy atom. The van der Waals surface area contributed by atoms with E-state index in [-0.39, 0.29) is 6.10 Å². The second-order valence-electron chi connectivity index (χ2n) is 5.95. The highest BCUT2D eigenvalue weighted by molar-refractivity contribution is 4.64. The summed E-state index contributed by atoms with van der Waals surface area (Å²) in [6.45, 7) is 6.68. The lowest BCUT2D eigenvalue weighted by Gasteiger charge is -2.18. The largest absolute Gasteiger partial charge is 0.393 e. The average Bonchev–Trinajstić information content (AvgIpc) is 2.38. The topological polar surface area (TPSA) is 20.2 Å². The zero-order valence-electron chi connectivity index (χ0n) is 13.1. The van der Waals surface area contributed by atoms with Crippen LogP contribution in [0.1, 0.15) is 97.8 Å². The molecule has 0 aliphatic heterocycles. The Kier molecular flexibility index (Phi) is 13.4. The summed E-state index contributed by atoms with van der Waals surface area (Å²) in [4.78, 5) is 0. The van der Waals surface area contributed by atoms with Crippen LogP contribution in [0.15, 0.2) is 0 Å². The van der Waals surface area contributed by atoms with E-state index in [2.05, 4.69) is 20.8 Å². The molecule has 2 atom stereocenters. The van der Waals surface area contributed by atoms with Crippen LogP contribution in [0.25, 0.3) is 0 Å². The third kappa shape index (κ3) is 11.1. The predicted molar refractivity (Wildman–Crippen MR) is 81.9 cm³/mol. The molecule has 0 heterocycles. The van der Waals surface area contributed by atoms with Crippen LogP contribution in [0.4, 0.5) is 0 Å². The minimum atomic E-state index is -0.0587. The second kappa shape index (κ2) is 13.4. The first-order valence-corrected chi connectivity index (χ1v) is 8.40. The van der Waals surface area contributed by atoms with Crippen molar-refractivity contribution in [1.82, 2.24) is 0 Å². The van der Waals surface area contributed by atoms with Crippen LogP contribution >= 0.6 is 0 Å². The van der Waals surface area contributed by atoms with E-state index in [1.54, 1.807) is 0 Å². The third-order valence-corrected chi connectivity index (χ3v) is 4.02. The number of unbranched alkanes of at least 4 members (excludes halogenated alkanes) is 8. The Balaban J connectivity index is 3.26. The van der Waals surface area contributed by atoms with E-state index >= 15 is 0 Å². The van der Waals surface area contributed by atoms with Crippen molar-refractivity contribution in [3.63, 3.8) is 0 Å². The number of aliphatic hydroxyl groups is 1. The first-order chi connectivity index (χ1) is 8.72. The molecule has 0 amide bonds. The van der Waals surface area contributed by atoms with Crippen LogP contribution in [0.5, 0.6) is 0 Å². The van der Waals surface area contributed by atoms with Crippen molar-refractivity contribution in [3.05, 3.63) is 0 Å². The van der Waals surface area contributed by atoms with E-state index in [4.69, 9.17) is 0 Å². The van der Waals surface area contributed by atoms with Gasteiger partial charge in [-0.05, 0) is 18.8 Å². The molecule has 0 saturated carbocycles. The molecule has 1 heteroatoms. The summed E-state index contributed by atoms with van der Waals surface area (Å²) in [6, 6.07) is 0. The SMILES string of the molecule is CCCCCCCCCCC(O)C(C)CCCC. The van der Waals surface area contributed by atoms with E-state index < -0.39 is 0 Å². The quantitative estimate of drug-likeness (QED) is 0.419. The molecule has 0 aromatic carbocycles. The maximum atomic E-state index is 10.0. The summed E-state index contributed by atoms with van der Waals surface area (Å²) >= 11 is 0. The number of hydrogen-bond donors (Lipinski definition) is 1. The first-order valence-electron chi connectivity index (χ1n) is 8.40. The third-order valence-electron chi connectivity index (χ3n) is 4.02. The zero-order chi connectivity index (χ0) is 13.6. The summed E-state index contributed by atoms with van der Waals surface area (Å²) in [5.74, 6) is 0.495. The Hall–Kier alpha value is -0.0400. The summed E-state index contributed by atoms with van der Waals surface area (Å²) in [7, 11) is 0. The summed E-state index contributed by atoms with van der Waals surface area (Å²) < 4.78 is 0. The van der Waals surface area contributed by atoms with Gasteiger partial charge >= 0.3 is 0 Å². The van der Waals surface area contributed by atoms with Gasteiger partial charge in [0.1, 0.15) is 0 Å². The molecule has 2 unspecified atom stereocenters. The highest BCUT2D eigenvalue weighted by Crippen LogP contribution is 2.18. The second-order valence-corrected chi connectivity index (χ2v) is 5.95. The highest BCUT2D eigenvalue weighted by atomic mass is 16.3. The molecule has 0 aromatic heterocycles. The number of rotatable bonds is 13. The Morgan fingerprint density at radius 1 is 0.667 bits per heavy atom. The predicted octanol–water partition coefficient (Wildman–Crippen LogP) is 5.70. The lowest BCUT2D eigenvalue weighted by molar-refractivity contribution is 0.0988. The highest BCUT2D eigenvalue weighted by Gasteiger charge is 2.12. The smallest absolute Gasteiger partial charge is 0.0565 e. The fourth-order valence-electron chi connectivity index (χ4n) is 2.49. The molecular formula is C17H36O. The van der Waals surface area contributed by atoms with Gasteiger partial charge in [0.15, 0.2) is 0 Å². The summed E-state index contributed by atoms with van der Waals surface area (Å²) in [5.41, 5.74) is 0. The van der Waals surface area contributed by atoms with Gasteiger partial charge in [-0.25, -0.2) is 0 Å². The molecule has 0 rings (SSSR count). The van der Waals surface area contributed by atoms with Crippen molar-refractivity contribution in [2.75, 3.05) is 0 Å². The van der Waals surface area contributed by atoms with Crippen LogP contribution in [-0.2, 0) is 0 Å². The lowest BCUT2D eigenvalue weighted by atomic mass is 9.94. The van der Waals surface area contributed by atoms with Gasteiger partial charge in [0.05, 0.1) is 6.10 Å². The van der Waals surface area contributed by atoms with Gasteiger partial charge < -0.3 is 5.11 Å². The normalized spacial score (nSPS) is 14.7. The van der Waals surface area contributed by atoms with Gasteiger partial charge in [0.2, 0.25) is 0 Å². The zero-order valence-corrected chi connectivity index (χ0v) is 13.1. The molecule has 0 fully saturated rings. The van der Waals surface area contributed by atoms with Gasteiger partial charge in [-0.15, -0.1) is 0 Å². The Morgan fingerprint density at radius 3 is 1.72 bits per heavy atom. The first kappa shape index (κ1) is 18.0. The molecule has 0 aromatic rings. The number of aliphatic hydroxyl groups excluding tert-OH is 1. The maximum absolute atomic E-state index is 10.0.